The van der Waals surface area contributed by atoms with E-state index in [-0.39, 0.29) is 23.3 Å². The molecular formula is C19H27N5O2. The molecule has 0 bridgehead atoms. The normalized spacial score (nSPS) is 27.8. The fraction of sp³-hybridized carbons (Fsp3) is 0.684. The number of rotatable bonds is 3. The number of amides is 2. The van der Waals surface area contributed by atoms with Crippen molar-refractivity contribution in [2.75, 3.05) is 32.7 Å². The van der Waals surface area contributed by atoms with Crippen LogP contribution in [0.3, 0.4) is 0 Å². The standard InChI is InChI=1S/C19H27N5O2/c1-13(2)10-23-11-14-15(12-23)19(22-17(14)25)3-7-24(8-4-19)18(26)16-9-20-5-6-21-16/h5-6,9,13-15H,3-4,7-8,10-12H2,1-2H3,(H,22,25)/t14-,15+/m1/s1. The molecule has 2 amide bonds. The molecule has 1 N–H and O–H groups in total. The summed E-state index contributed by atoms with van der Waals surface area (Å²) in [4.78, 5) is 37.5. The van der Waals surface area contributed by atoms with E-state index in [2.05, 4.69) is 34.0 Å². The summed E-state index contributed by atoms with van der Waals surface area (Å²) in [6.45, 7) is 8.67. The Morgan fingerprint density at radius 2 is 2.08 bits per heavy atom. The molecule has 7 heteroatoms. The number of nitrogens with one attached hydrogen (secondary N) is 1. The van der Waals surface area contributed by atoms with Gasteiger partial charge in [0.2, 0.25) is 5.91 Å². The maximum absolute atomic E-state index is 12.6. The van der Waals surface area contributed by atoms with Crippen molar-refractivity contribution in [1.29, 1.82) is 0 Å². The molecule has 140 valence electrons. The molecule has 4 rings (SSSR count). The first kappa shape index (κ1) is 17.4. The van der Waals surface area contributed by atoms with Crippen molar-refractivity contribution in [3.63, 3.8) is 0 Å². The highest BCUT2D eigenvalue weighted by Crippen LogP contribution is 2.44. The quantitative estimate of drug-likeness (QED) is 0.865. The van der Waals surface area contributed by atoms with E-state index in [1.807, 2.05) is 4.90 Å². The molecule has 1 aromatic rings. The Labute approximate surface area is 154 Å². The van der Waals surface area contributed by atoms with Gasteiger partial charge in [0, 0.05) is 56.6 Å². The van der Waals surface area contributed by atoms with E-state index in [0.717, 1.165) is 32.5 Å². The van der Waals surface area contributed by atoms with Gasteiger partial charge in [0.1, 0.15) is 5.69 Å². The number of fused-ring (bicyclic) bond motifs is 2. The number of aromatic nitrogens is 2. The minimum absolute atomic E-state index is 0.0679. The first-order valence-corrected chi connectivity index (χ1v) is 9.58. The van der Waals surface area contributed by atoms with E-state index < -0.39 is 0 Å². The summed E-state index contributed by atoms with van der Waals surface area (Å²) in [7, 11) is 0. The highest BCUT2D eigenvalue weighted by atomic mass is 16.2. The van der Waals surface area contributed by atoms with E-state index in [0.29, 0.717) is 30.6 Å². The predicted molar refractivity (Wildman–Crippen MR) is 96.3 cm³/mol. The Morgan fingerprint density at radius 1 is 1.31 bits per heavy atom. The van der Waals surface area contributed by atoms with Crippen LogP contribution < -0.4 is 5.32 Å². The van der Waals surface area contributed by atoms with Crippen molar-refractivity contribution < 1.29 is 9.59 Å². The van der Waals surface area contributed by atoms with Crippen molar-refractivity contribution in [3.05, 3.63) is 24.3 Å². The van der Waals surface area contributed by atoms with E-state index in [1.54, 1.807) is 12.4 Å². The van der Waals surface area contributed by atoms with Gasteiger partial charge >= 0.3 is 0 Å². The minimum Gasteiger partial charge on any atom is -0.350 e. The fourth-order valence-electron chi connectivity index (χ4n) is 4.98. The molecule has 3 saturated heterocycles. The molecule has 26 heavy (non-hydrogen) atoms. The Kier molecular flexibility index (Phi) is 4.42. The summed E-state index contributed by atoms with van der Waals surface area (Å²) in [5, 5.41) is 3.31. The molecule has 0 radical (unpaired) electrons. The van der Waals surface area contributed by atoms with Crippen molar-refractivity contribution in [2.24, 2.45) is 17.8 Å². The smallest absolute Gasteiger partial charge is 0.274 e. The van der Waals surface area contributed by atoms with Crippen LogP contribution in [0.5, 0.6) is 0 Å². The highest BCUT2D eigenvalue weighted by molar-refractivity contribution is 5.92. The van der Waals surface area contributed by atoms with Crippen LogP contribution in [0, 0.1) is 17.8 Å². The van der Waals surface area contributed by atoms with Crippen LogP contribution in [0.1, 0.15) is 37.2 Å². The number of hydrogen-bond acceptors (Lipinski definition) is 5. The maximum atomic E-state index is 12.6. The monoisotopic (exact) mass is 357 g/mol. The second-order valence-electron chi connectivity index (χ2n) is 8.35. The number of carbonyl (C=O) groups is 2. The SMILES string of the molecule is CC(C)CN1C[C@H]2C(=O)NC3(CCN(C(=O)c4cnccn4)CC3)[C@H]2C1. The second-order valence-corrected chi connectivity index (χ2v) is 8.35. The van der Waals surface area contributed by atoms with Gasteiger partial charge in [-0.05, 0) is 18.8 Å². The molecule has 0 unspecified atom stereocenters. The summed E-state index contributed by atoms with van der Waals surface area (Å²) in [5.41, 5.74) is 0.243. The van der Waals surface area contributed by atoms with Gasteiger partial charge in [0.05, 0.1) is 12.1 Å². The van der Waals surface area contributed by atoms with Crippen LogP contribution in [0.25, 0.3) is 0 Å². The maximum Gasteiger partial charge on any atom is 0.274 e. The molecule has 4 heterocycles. The van der Waals surface area contributed by atoms with Gasteiger partial charge in [-0.15, -0.1) is 0 Å². The third-order valence-corrected chi connectivity index (χ3v) is 6.16. The topological polar surface area (TPSA) is 78.4 Å². The van der Waals surface area contributed by atoms with E-state index in [1.165, 1.54) is 6.20 Å². The lowest BCUT2D eigenvalue weighted by molar-refractivity contribution is -0.123. The number of carbonyl (C=O) groups excluding carboxylic acids is 2. The number of nitrogens with zero attached hydrogens (tertiary/aromatic N) is 4. The van der Waals surface area contributed by atoms with Crippen molar-refractivity contribution in [3.8, 4) is 0 Å². The van der Waals surface area contributed by atoms with Gasteiger partial charge in [0.15, 0.2) is 0 Å². The summed E-state index contributed by atoms with van der Waals surface area (Å²) < 4.78 is 0. The molecule has 0 aliphatic carbocycles. The van der Waals surface area contributed by atoms with Gasteiger partial charge in [-0.2, -0.15) is 0 Å². The third-order valence-electron chi connectivity index (χ3n) is 6.16. The first-order valence-electron chi connectivity index (χ1n) is 9.58. The van der Waals surface area contributed by atoms with Crippen LogP contribution in [0.4, 0.5) is 0 Å². The van der Waals surface area contributed by atoms with Crippen molar-refractivity contribution in [1.82, 2.24) is 25.1 Å². The first-order chi connectivity index (χ1) is 12.5. The average Bonchev–Trinajstić information content (AvgIpc) is 3.15. The zero-order valence-electron chi connectivity index (χ0n) is 15.5. The third kappa shape index (κ3) is 2.98. The lowest BCUT2D eigenvalue weighted by Gasteiger charge is -2.42. The molecular weight excluding hydrogens is 330 g/mol. The Bertz CT molecular complexity index is 684. The predicted octanol–water partition coefficient (Wildman–Crippen LogP) is 0.785. The van der Waals surface area contributed by atoms with Crippen molar-refractivity contribution in [2.45, 2.75) is 32.2 Å². The Hall–Kier alpha value is -2.02. The molecule has 0 saturated carbocycles. The van der Waals surface area contributed by atoms with Gasteiger partial charge in [-0.3, -0.25) is 14.6 Å². The second kappa shape index (κ2) is 6.61. The van der Waals surface area contributed by atoms with Crippen LogP contribution in [-0.2, 0) is 4.79 Å². The van der Waals surface area contributed by atoms with Crippen LogP contribution in [-0.4, -0.2) is 69.8 Å². The summed E-state index contributed by atoms with van der Waals surface area (Å²) >= 11 is 0. The van der Waals surface area contributed by atoms with Crippen LogP contribution >= 0.6 is 0 Å². The zero-order chi connectivity index (χ0) is 18.3. The van der Waals surface area contributed by atoms with Gasteiger partial charge in [-0.25, -0.2) is 4.98 Å². The largest absolute Gasteiger partial charge is 0.350 e. The summed E-state index contributed by atoms with van der Waals surface area (Å²) in [5.74, 6) is 1.22. The molecule has 1 spiro atoms. The molecule has 3 aliphatic heterocycles. The number of piperidine rings is 1. The lowest BCUT2D eigenvalue weighted by Crippen LogP contribution is -2.56. The summed E-state index contributed by atoms with van der Waals surface area (Å²) in [6.07, 6.45) is 6.27. The highest BCUT2D eigenvalue weighted by Gasteiger charge is 2.57. The fourth-order valence-corrected chi connectivity index (χ4v) is 4.98. The van der Waals surface area contributed by atoms with Gasteiger partial charge in [0.25, 0.3) is 5.91 Å². The van der Waals surface area contributed by atoms with Gasteiger partial charge in [-0.1, -0.05) is 13.8 Å². The lowest BCUT2D eigenvalue weighted by atomic mass is 9.75. The van der Waals surface area contributed by atoms with Crippen LogP contribution in [0.2, 0.25) is 0 Å². The van der Waals surface area contributed by atoms with Crippen molar-refractivity contribution >= 4 is 11.8 Å². The van der Waals surface area contributed by atoms with E-state index in [9.17, 15) is 9.59 Å². The van der Waals surface area contributed by atoms with Gasteiger partial charge < -0.3 is 15.1 Å². The molecule has 1 aromatic heterocycles. The molecule has 3 fully saturated rings. The minimum atomic E-state index is -0.146. The molecule has 2 atom stereocenters. The summed E-state index contributed by atoms with van der Waals surface area (Å²) in [6, 6.07) is 0. The Morgan fingerprint density at radius 3 is 2.73 bits per heavy atom. The van der Waals surface area contributed by atoms with E-state index in [4.69, 9.17) is 0 Å². The van der Waals surface area contributed by atoms with Crippen LogP contribution in [0.15, 0.2) is 18.6 Å². The molecule has 0 aromatic carbocycles. The Balaban J connectivity index is 1.43. The average molecular weight is 357 g/mol. The number of hydrogen-bond donors (Lipinski definition) is 1. The number of likely N-dealkylation sites (tertiary alicyclic amines) is 2. The molecule has 3 aliphatic rings. The molecule has 7 nitrogen and oxygen atoms in total. The van der Waals surface area contributed by atoms with E-state index >= 15 is 0 Å². The zero-order valence-corrected chi connectivity index (χ0v) is 15.5.